The van der Waals surface area contributed by atoms with E-state index >= 15 is 0 Å². The molecule has 0 aliphatic heterocycles. The molecule has 0 heterocycles. The Hall–Kier alpha value is -0.780. The number of carbonyl (C=O) groups is 1. The Kier molecular flexibility index (Phi) is 4.40. The second-order valence-electron chi connectivity index (χ2n) is 7.80. The van der Waals surface area contributed by atoms with Crippen LogP contribution < -0.4 is 0 Å². The number of halogens is 3. The maximum absolute atomic E-state index is 13.0. The predicted molar refractivity (Wildman–Crippen MR) is 77.3 cm³/mol. The lowest BCUT2D eigenvalue weighted by molar-refractivity contribution is -0.241. The van der Waals surface area contributed by atoms with Crippen molar-refractivity contribution in [1.82, 2.24) is 0 Å². The van der Waals surface area contributed by atoms with Crippen molar-refractivity contribution in [3.8, 4) is 0 Å². The average molecular weight is 334 g/mol. The minimum absolute atomic E-state index is 0.0503. The molecule has 0 aromatic rings. The molecular weight excluding hydrogens is 309 g/mol. The van der Waals surface area contributed by atoms with Crippen molar-refractivity contribution >= 4 is 5.97 Å². The van der Waals surface area contributed by atoms with E-state index < -0.39 is 17.6 Å². The Morgan fingerprint density at radius 3 is 2.00 bits per heavy atom. The Labute approximate surface area is 134 Å². The van der Waals surface area contributed by atoms with E-state index in [2.05, 4.69) is 0 Å². The standard InChI is InChI=1S/C17H25F3O3/c1-3-16(2,17(18,19)20)15(21)23-9-22-14-12-5-10-4-11(7-12)8-13(14)6-10/h10-14H,3-9H2,1-2H3. The van der Waals surface area contributed by atoms with E-state index in [1.54, 1.807) is 0 Å². The fraction of sp³-hybridized carbons (Fsp3) is 0.941. The summed E-state index contributed by atoms with van der Waals surface area (Å²) in [5.41, 5.74) is -2.46. The molecule has 4 aliphatic carbocycles. The molecular formula is C17H25F3O3. The van der Waals surface area contributed by atoms with Gasteiger partial charge in [0, 0.05) is 0 Å². The van der Waals surface area contributed by atoms with Gasteiger partial charge in [-0.25, -0.2) is 0 Å². The van der Waals surface area contributed by atoms with E-state index in [4.69, 9.17) is 9.47 Å². The smallest absolute Gasteiger partial charge is 0.404 e. The first-order chi connectivity index (χ1) is 10.7. The number of carbonyl (C=O) groups excluding carboxylic acids is 1. The average Bonchev–Trinajstić information content (AvgIpc) is 2.47. The van der Waals surface area contributed by atoms with Crippen molar-refractivity contribution < 1.29 is 27.4 Å². The van der Waals surface area contributed by atoms with Gasteiger partial charge < -0.3 is 9.47 Å². The number of ether oxygens (including phenoxy) is 2. The van der Waals surface area contributed by atoms with Crippen LogP contribution >= 0.6 is 0 Å². The maximum atomic E-state index is 13.0. The second kappa shape index (κ2) is 5.94. The SMILES string of the molecule is CCC(C)(C(=O)OCOC1C2CC3CC(C2)CC1C3)C(F)(F)F. The van der Waals surface area contributed by atoms with Gasteiger partial charge in [-0.2, -0.15) is 13.2 Å². The molecule has 0 amide bonds. The van der Waals surface area contributed by atoms with E-state index in [1.807, 2.05) is 0 Å². The van der Waals surface area contributed by atoms with Crippen LogP contribution in [0.1, 0.15) is 52.4 Å². The predicted octanol–water partition coefficient (Wildman–Crippen LogP) is 4.31. The minimum Gasteiger partial charge on any atom is -0.438 e. The highest BCUT2D eigenvalue weighted by molar-refractivity contribution is 5.77. The molecule has 4 saturated carbocycles. The van der Waals surface area contributed by atoms with Gasteiger partial charge in [0.2, 0.25) is 0 Å². The number of esters is 1. The number of rotatable bonds is 5. The van der Waals surface area contributed by atoms with Crippen LogP contribution in [0.25, 0.3) is 0 Å². The van der Waals surface area contributed by atoms with E-state index in [-0.39, 0.29) is 19.3 Å². The van der Waals surface area contributed by atoms with Crippen molar-refractivity contribution in [2.24, 2.45) is 29.1 Å². The van der Waals surface area contributed by atoms with Crippen molar-refractivity contribution in [1.29, 1.82) is 0 Å². The summed E-state index contributed by atoms with van der Waals surface area (Å²) >= 11 is 0. The molecule has 1 atom stereocenters. The fourth-order valence-electron chi connectivity index (χ4n) is 4.93. The molecule has 0 N–H and O–H groups in total. The van der Waals surface area contributed by atoms with Crippen LogP contribution in [-0.4, -0.2) is 25.0 Å². The summed E-state index contributed by atoms with van der Waals surface area (Å²) < 4.78 is 49.7. The second-order valence-corrected chi connectivity index (χ2v) is 7.80. The Morgan fingerprint density at radius 1 is 1.04 bits per heavy atom. The summed E-state index contributed by atoms with van der Waals surface area (Å²) in [6, 6.07) is 0. The molecule has 0 saturated heterocycles. The third kappa shape index (κ3) is 2.99. The lowest BCUT2D eigenvalue weighted by Gasteiger charge is -2.53. The molecule has 4 aliphatic rings. The van der Waals surface area contributed by atoms with Gasteiger partial charge in [0.1, 0.15) is 0 Å². The molecule has 3 nitrogen and oxygen atoms in total. The third-order valence-electron chi connectivity index (χ3n) is 6.37. The molecule has 23 heavy (non-hydrogen) atoms. The zero-order chi connectivity index (χ0) is 16.8. The number of hydrogen-bond donors (Lipinski definition) is 0. The summed E-state index contributed by atoms with van der Waals surface area (Å²) in [7, 11) is 0. The first-order valence-electron chi connectivity index (χ1n) is 8.60. The first kappa shape index (κ1) is 17.1. The summed E-state index contributed by atoms with van der Waals surface area (Å²) in [6.45, 7) is 1.86. The van der Waals surface area contributed by atoms with E-state index in [0.717, 1.165) is 44.4 Å². The number of hydrogen-bond acceptors (Lipinski definition) is 3. The van der Waals surface area contributed by atoms with Crippen molar-refractivity contribution in [2.45, 2.75) is 64.7 Å². The summed E-state index contributed by atoms with van der Waals surface area (Å²) in [5, 5.41) is 0. The van der Waals surface area contributed by atoms with Crippen LogP contribution in [0.15, 0.2) is 0 Å². The molecule has 132 valence electrons. The van der Waals surface area contributed by atoms with Crippen LogP contribution in [0.2, 0.25) is 0 Å². The molecule has 1 unspecified atom stereocenters. The molecule has 4 fully saturated rings. The van der Waals surface area contributed by atoms with Crippen LogP contribution in [0.4, 0.5) is 13.2 Å². The van der Waals surface area contributed by atoms with Gasteiger partial charge in [0.05, 0.1) is 6.10 Å². The topological polar surface area (TPSA) is 35.5 Å². The Balaban J connectivity index is 1.53. The highest BCUT2D eigenvalue weighted by Gasteiger charge is 2.56. The third-order valence-corrected chi connectivity index (χ3v) is 6.37. The van der Waals surface area contributed by atoms with Gasteiger partial charge in [0.25, 0.3) is 0 Å². The largest absolute Gasteiger partial charge is 0.438 e. The van der Waals surface area contributed by atoms with E-state index in [9.17, 15) is 18.0 Å². The molecule has 0 radical (unpaired) electrons. The normalized spacial score (nSPS) is 38.4. The van der Waals surface area contributed by atoms with Gasteiger partial charge in [0.15, 0.2) is 12.2 Å². The Morgan fingerprint density at radius 2 is 1.57 bits per heavy atom. The van der Waals surface area contributed by atoms with Crippen LogP contribution in [0, 0.1) is 29.1 Å². The quantitative estimate of drug-likeness (QED) is 0.555. The van der Waals surface area contributed by atoms with Gasteiger partial charge in [-0.1, -0.05) is 6.92 Å². The number of alkyl halides is 3. The molecule has 4 rings (SSSR count). The van der Waals surface area contributed by atoms with Gasteiger partial charge in [-0.3, -0.25) is 4.79 Å². The van der Waals surface area contributed by atoms with Crippen molar-refractivity contribution in [3.05, 3.63) is 0 Å². The molecule has 0 aromatic heterocycles. The van der Waals surface area contributed by atoms with E-state index in [1.165, 1.54) is 13.3 Å². The van der Waals surface area contributed by atoms with Gasteiger partial charge >= 0.3 is 12.1 Å². The highest BCUT2D eigenvalue weighted by Crippen LogP contribution is 2.54. The molecule has 0 aromatic carbocycles. The zero-order valence-corrected chi connectivity index (χ0v) is 13.7. The van der Waals surface area contributed by atoms with Gasteiger partial charge in [-0.15, -0.1) is 0 Å². The fourth-order valence-corrected chi connectivity index (χ4v) is 4.93. The van der Waals surface area contributed by atoms with Crippen molar-refractivity contribution in [2.75, 3.05) is 6.79 Å². The summed E-state index contributed by atoms with van der Waals surface area (Å²) in [6.07, 6.45) is 1.04. The highest BCUT2D eigenvalue weighted by atomic mass is 19.4. The van der Waals surface area contributed by atoms with Crippen LogP contribution in [0.3, 0.4) is 0 Å². The minimum atomic E-state index is -4.61. The Bertz CT molecular complexity index is 434. The summed E-state index contributed by atoms with van der Waals surface area (Å²) in [5.74, 6) is 1.34. The van der Waals surface area contributed by atoms with Gasteiger partial charge in [-0.05, 0) is 69.1 Å². The summed E-state index contributed by atoms with van der Waals surface area (Å²) in [4.78, 5) is 11.9. The molecule has 4 bridgehead atoms. The zero-order valence-electron chi connectivity index (χ0n) is 13.7. The lowest BCUT2D eigenvalue weighted by Crippen LogP contribution is -2.50. The maximum Gasteiger partial charge on any atom is 0.404 e. The van der Waals surface area contributed by atoms with E-state index in [0.29, 0.717) is 11.8 Å². The van der Waals surface area contributed by atoms with Crippen LogP contribution in [0.5, 0.6) is 0 Å². The molecule has 6 heteroatoms. The van der Waals surface area contributed by atoms with Crippen molar-refractivity contribution in [3.63, 3.8) is 0 Å². The molecule has 0 spiro atoms. The first-order valence-corrected chi connectivity index (χ1v) is 8.60. The lowest BCUT2D eigenvalue weighted by atomic mass is 9.55. The van der Waals surface area contributed by atoms with Crippen LogP contribution in [-0.2, 0) is 14.3 Å². The monoisotopic (exact) mass is 334 g/mol.